The lowest BCUT2D eigenvalue weighted by atomic mass is 9.93. The highest BCUT2D eigenvalue weighted by atomic mass is 32.2. The quantitative estimate of drug-likeness (QED) is 0.339. The zero-order valence-corrected chi connectivity index (χ0v) is 22.3. The number of rotatable bonds is 11. The maximum atomic E-state index is 12.6. The number of ketones is 1. The van der Waals surface area contributed by atoms with Crippen molar-refractivity contribution in [1.29, 1.82) is 5.26 Å². The average molecular weight is 529 g/mol. The van der Waals surface area contributed by atoms with Crippen LogP contribution >= 0.6 is 11.8 Å². The first-order valence-electron chi connectivity index (χ1n) is 12.1. The van der Waals surface area contributed by atoms with E-state index < -0.39 is 15.9 Å². The highest BCUT2D eigenvalue weighted by molar-refractivity contribution is 7.98. The summed E-state index contributed by atoms with van der Waals surface area (Å²) >= 11 is 1.39. The number of hydrogen-bond acceptors (Lipinski definition) is 8. The van der Waals surface area contributed by atoms with Crippen LogP contribution in [0.1, 0.15) is 66.9 Å². The molecule has 1 N–H and O–H groups in total. The number of hydrogen-bond donors (Lipinski definition) is 1. The van der Waals surface area contributed by atoms with Crippen molar-refractivity contribution in [3.63, 3.8) is 0 Å². The second kappa shape index (κ2) is 12.9. The van der Waals surface area contributed by atoms with Gasteiger partial charge in [0.25, 0.3) is 0 Å². The van der Waals surface area contributed by atoms with E-state index in [1.165, 1.54) is 11.8 Å². The number of aromatic nitrogens is 1. The van der Waals surface area contributed by atoms with Crippen LogP contribution in [0.3, 0.4) is 0 Å². The molecule has 10 heteroatoms. The molecule has 1 aromatic carbocycles. The van der Waals surface area contributed by atoms with E-state index in [4.69, 9.17) is 0 Å². The van der Waals surface area contributed by atoms with Gasteiger partial charge in [0, 0.05) is 25.9 Å². The Bertz CT molecular complexity index is 1220. The predicted molar refractivity (Wildman–Crippen MR) is 141 cm³/mol. The molecule has 1 amide bonds. The maximum Gasteiger partial charge on any atom is 0.239 e. The second-order valence-corrected chi connectivity index (χ2v) is 11.5. The fourth-order valence-electron chi connectivity index (χ4n) is 4.29. The van der Waals surface area contributed by atoms with E-state index in [0.29, 0.717) is 59.9 Å². The van der Waals surface area contributed by atoms with Gasteiger partial charge in [0.1, 0.15) is 16.9 Å². The summed E-state index contributed by atoms with van der Waals surface area (Å²) in [6, 6.07) is 12.6. The molecular weight excluding hydrogens is 496 g/mol. The van der Waals surface area contributed by atoms with Crippen LogP contribution in [-0.2, 0) is 20.6 Å². The van der Waals surface area contributed by atoms with Crippen molar-refractivity contribution < 1.29 is 18.0 Å². The lowest BCUT2D eigenvalue weighted by Crippen LogP contribution is -2.38. The Morgan fingerprint density at radius 3 is 2.53 bits per heavy atom. The van der Waals surface area contributed by atoms with E-state index >= 15 is 0 Å². The van der Waals surface area contributed by atoms with Crippen LogP contribution in [0.2, 0.25) is 0 Å². The lowest BCUT2D eigenvalue weighted by molar-refractivity contribution is -0.120. The van der Waals surface area contributed by atoms with Crippen molar-refractivity contribution in [1.82, 2.24) is 9.71 Å². The van der Waals surface area contributed by atoms with Crippen molar-refractivity contribution in [3.05, 3.63) is 53.1 Å². The van der Waals surface area contributed by atoms with Crippen molar-refractivity contribution in [2.75, 3.05) is 24.2 Å². The monoisotopic (exact) mass is 528 g/mol. The van der Waals surface area contributed by atoms with E-state index in [2.05, 4.69) is 15.8 Å². The number of sulfonamides is 1. The number of nitrogens with one attached hydrogen (secondary N) is 1. The minimum Gasteiger partial charge on any atom is -0.355 e. The Labute approximate surface area is 217 Å². The predicted octanol–water partition coefficient (Wildman–Crippen LogP) is 4.30. The first-order chi connectivity index (χ1) is 17.3. The largest absolute Gasteiger partial charge is 0.355 e. The fraction of sp³-hybridized carbons (Fsp3) is 0.462. The normalized spacial score (nSPS) is 14.3. The number of nitrogens with zero attached hydrogens (tertiary/aromatic N) is 3. The zero-order chi connectivity index (χ0) is 26.1. The van der Waals surface area contributed by atoms with Crippen LogP contribution in [0.4, 0.5) is 5.82 Å². The molecule has 0 bridgehead atoms. The number of unbranched alkanes of at least 4 members (excludes halogenated alkanes) is 1. The molecule has 1 aliphatic heterocycles. The lowest BCUT2D eigenvalue weighted by Gasteiger charge is -2.33. The van der Waals surface area contributed by atoms with Gasteiger partial charge in [0.15, 0.2) is 5.78 Å². The molecule has 0 radical (unpaired) electrons. The number of nitriles is 1. The van der Waals surface area contributed by atoms with Gasteiger partial charge in [-0.05, 0) is 43.1 Å². The van der Waals surface area contributed by atoms with E-state index in [-0.39, 0.29) is 23.9 Å². The molecule has 0 unspecified atom stereocenters. The van der Waals surface area contributed by atoms with Crippen LogP contribution in [0.15, 0.2) is 41.4 Å². The summed E-state index contributed by atoms with van der Waals surface area (Å²) in [5.41, 5.74) is 1.49. The van der Waals surface area contributed by atoms with E-state index in [9.17, 15) is 23.3 Å². The minimum absolute atomic E-state index is 0.00341. The number of Topliss-reactive ketones (excluding diaryl/α,β-unsaturated/α-hetero) is 1. The van der Waals surface area contributed by atoms with Crippen molar-refractivity contribution in [3.8, 4) is 6.07 Å². The summed E-state index contributed by atoms with van der Waals surface area (Å²) in [4.78, 5) is 31.8. The fourth-order valence-corrected chi connectivity index (χ4v) is 6.00. The molecule has 0 aliphatic carbocycles. The standard InChI is InChI=1S/C26H32N4O4S2/c1-3-4-10-23(31)22-16-21(17-27)25(28-26(22)35-2)30-13-11-19(12-14-30)15-24(32)29-36(33,34)18-20-8-6-5-7-9-20/h5-9,16,19H,3-4,10-15,18H2,1-2H3,(H,29,32). The van der Waals surface area contributed by atoms with Crippen LogP contribution in [0.5, 0.6) is 0 Å². The molecule has 0 saturated carbocycles. The number of benzene rings is 1. The molecule has 1 aromatic heterocycles. The topological polar surface area (TPSA) is 120 Å². The van der Waals surface area contributed by atoms with Gasteiger partial charge in [-0.25, -0.2) is 13.4 Å². The highest BCUT2D eigenvalue weighted by Gasteiger charge is 2.27. The van der Waals surface area contributed by atoms with Gasteiger partial charge in [0.05, 0.1) is 16.9 Å². The molecule has 36 heavy (non-hydrogen) atoms. The molecular formula is C26H32N4O4S2. The number of anilines is 1. The minimum atomic E-state index is -3.76. The molecule has 2 heterocycles. The summed E-state index contributed by atoms with van der Waals surface area (Å²) in [5, 5.41) is 10.4. The molecule has 2 aromatic rings. The third-order valence-corrected chi connectivity index (χ3v) is 8.15. The third kappa shape index (κ3) is 7.55. The Morgan fingerprint density at radius 2 is 1.92 bits per heavy atom. The van der Waals surface area contributed by atoms with Crippen LogP contribution < -0.4 is 9.62 Å². The first-order valence-corrected chi connectivity index (χ1v) is 15.0. The summed E-state index contributed by atoms with van der Waals surface area (Å²) in [6.45, 7) is 3.21. The summed E-state index contributed by atoms with van der Waals surface area (Å²) in [6.07, 6.45) is 5.49. The average Bonchev–Trinajstić information content (AvgIpc) is 2.86. The first kappa shape index (κ1) is 27.7. The van der Waals surface area contributed by atoms with E-state index in [0.717, 1.165) is 12.8 Å². The maximum absolute atomic E-state index is 12.6. The van der Waals surface area contributed by atoms with Gasteiger partial charge in [-0.2, -0.15) is 5.26 Å². The summed E-state index contributed by atoms with van der Waals surface area (Å²) < 4.78 is 26.9. The van der Waals surface area contributed by atoms with Crippen LogP contribution in [-0.4, -0.2) is 44.4 Å². The van der Waals surface area contributed by atoms with Crippen molar-refractivity contribution >= 4 is 39.3 Å². The van der Waals surface area contributed by atoms with E-state index in [1.807, 2.05) is 18.1 Å². The molecule has 1 saturated heterocycles. The Morgan fingerprint density at radius 1 is 1.22 bits per heavy atom. The number of amides is 1. The summed E-state index contributed by atoms with van der Waals surface area (Å²) in [5.74, 6) is -0.144. The smallest absolute Gasteiger partial charge is 0.239 e. The number of thioether (sulfide) groups is 1. The number of carbonyl (C=O) groups is 2. The van der Waals surface area contributed by atoms with Gasteiger partial charge in [-0.15, -0.1) is 11.8 Å². The number of carbonyl (C=O) groups excluding carboxylic acids is 2. The second-order valence-electron chi connectivity index (χ2n) is 8.96. The number of piperidine rings is 1. The Kier molecular flexibility index (Phi) is 9.90. The van der Waals surface area contributed by atoms with Crippen molar-refractivity contribution in [2.45, 2.75) is 56.2 Å². The molecule has 0 spiro atoms. The van der Waals surface area contributed by atoms with Gasteiger partial charge < -0.3 is 4.90 Å². The third-order valence-electron chi connectivity index (χ3n) is 6.20. The number of pyridine rings is 1. The highest BCUT2D eigenvalue weighted by Crippen LogP contribution is 2.31. The van der Waals surface area contributed by atoms with Crippen molar-refractivity contribution in [2.24, 2.45) is 5.92 Å². The molecule has 192 valence electrons. The summed E-state index contributed by atoms with van der Waals surface area (Å²) in [7, 11) is -3.76. The Hall–Kier alpha value is -2.90. The molecule has 8 nitrogen and oxygen atoms in total. The van der Waals surface area contributed by atoms with Crippen LogP contribution in [0.25, 0.3) is 0 Å². The molecule has 0 atom stereocenters. The van der Waals surface area contributed by atoms with Crippen LogP contribution in [0, 0.1) is 17.2 Å². The van der Waals surface area contributed by atoms with Gasteiger partial charge in [-0.1, -0.05) is 43.7 Å². The van der Waals surface area contributed by atoms with Gasteiger partial charge in [0.2, 0.25) is 15.9 Å². The molecule has 3 rings (SSSR count). The zero-order valence-electron chi connectivity index (χ0n) is 20.7. The molecule has 1 aliphatic rings. The van der Waals surface area contributed by atoms with E-state index in [1.54, 1.807) is 36.4 Å². The Balaban J connectivity index is 1.60. The van der Waals surface area contributed by atoms with Gasteiger partial charge >= 0.3 is 0 Å². The SMILES string of the molecule is CCCCC(=O)c1cc(C#N)c(N2CCC(CC(=O)NS(=O)(=O)Cc3ccccc3)CC2)nc1SC. The van der Waals surface area contributed by atoms with Gasteiger partial charge in [-0.3, -0.25) is 14.3 Å². The molecule has 1 fully saturated rings.